The smallest absolute Gasteiger partial charge is 0.227 e. The molecule has 1 unspecified atom stereocenters. The van der Waals surface area contributed by atoms with Gasteiger partial charge in [0.2, 0.25) is 11.1 Å². The van der Waals surface area contributed by atoms with Gasteiger partial charge < -0.3 is 14.8 Å². The van der Waals surface area contributed by atoms with Crippen molar-refractivity contribution < 1.29 is 14.3 Å². The van der Waals surface area contributed by atoms with E-state index >= 15 is 0 Å². The SMILES string of the molecule is CCOc1cc(C2C3=C(CCCC3=O)Nc3nc(SCC)nn32)ccc1OCc1ccccc1Cl. The lowest BCUT2D eigenvalue weighted by atomic mass is 9.85. The van der Waals surface area contributed by atoms with E-state index in [2.05, 4.69) is 17.2 Å². The summed E-state index contributed by atoms with van der Waals surface area (Å²) in [5.41, 5.74) is 3.50. The molecule has 7 nitrogen and oxygen atoms in total. The van der Waals surface area contributed by atoms with Crippen LogP contribution in [0, 0.1) is 0 Å². The summed E-state index contributed by atoms with van der Waals surface area (Å²) in [5.74, 6) is 2.91. The quantitative estimate of drug-likeness (QED) is 0.370. The van der Waals surface area contributed by atoms with Crippen molar-refractivity contribution in [1.29, 1.82) is 0 Å². The average Bonchev–Trinajstić information content (AvgIpc) is 3.25. The fourth-order valence-corrected chi connectivity index (χ4v) is 5.23. The Kier molecular flexibility index (Phi) is 7.02. The van der Waals surface area contributed by atoms with Crippen LogP contribution in [0.4, 0.5) is 5.95 Å². The molecule has 182 valence electrons. The van der Waals surface area contributed by atoms with E-state index in [1.54, 1.807) is 11.8 Å². The van der Waals surface area contributed by atoms with Gasteiger partial charge in [-0.2, -0.15) is 4.98 Å². The van der Waals surface area contributed by atoms with Crippen molar-refractivity contribution in [1.82, 2.24) is 14.8 Å². The van der Waals surface area contributed by atoms with E-state index in [0.29, 0.717) is 47.3 Å². The van der Waals surface area contributed by atoms with E-state index in [-0.39, 0.29) is 11.8 Å². The molecule has 1 aliphatic heterocycles. The third-order valence-corrected chi connectivity index (χ3v) is 7.14. The predicted molar refractivity (Wildman–Crippen MR) is 137 cm³/mol. The Morgan fingerprint density at radius 1 is 1.14 bits per heavy atom. The first-order valence-electron chi connectivity index (χ1n) is 11.8. The van der Waals surface area contributed by atoms with Crippen LogP contribution in [0.25, 0.3) is 0 Å². The van der Waals surface area contributed by atoms with E-state index in [4.69, 9.17) is 26.2 Å². The highest BCUT2D eigenvalue weighted by Gasteiger charge is 2.37. The van der Waals surface area contributed by atoms with Gasteiger partial charge in [0.05, 0.1) is 6.61 Å². The molecule has 0 amide bonds. The third-order valence-electron chi connectivity index (χ3n) is 6.05. The Morgan fingerprint density at radius 3 is 2.80 bits per heavy atom. The minimum Gasteiger partial charge on any atom is -0.490 e. The summed E-state index contributed by atoms with van der Waals surface area (Å²) in [4.78, 5) is 17.8. The molecule has 2 aliphatic rings. The minimum atomic E-state index is -0.371. The van der Waals surface area contributed by atoms with E-state index in [9.17, 15) is 4.79 Å². The van der Waals surface area contributed by atoms with Gasteiger partial charge in [0.1, 0.15) is 12.6 Å². The zero-order valence-corrected chi connectivity index (χ0v) is 21.3. The Balaban J connectivity index is 1.53. The number of rotatable bonds is 8. The number of benzene rings is 2. The number of carbonyl (C=O) groups is 1. The molecule has 1 atom stereocenters. The van der Waals surface area contributed by atoms with E-state index in [1.165, 1.54) is 0 Å². The number of thioether (sulfide) groups is 1. The summed E-state index contributed by atoms with van der Waals surface area (Å²) in [6, 6.07) is 13.1. The van der Waals surface area contributed by atoms with Gasteiger partial charge >= 0.3 is 0 Å². The van der Waals surface area contributed by atoms with Gasteiger partial charge in [-0.1, -0.05) is 54.6 Å². The highest BCUT2D eigenvalue weighted by Crippen LogP contribution is 2.42. The van der Waals surface area contributed by atoms with Crippen LogP contribution in [-0.2, 0) is 11.4 Å². The van der Waals surface area contributed by atoms with Gasteiger partial charge in [-0.15, -0.1) is 5.10 Å². The molecule has 0 radical (unpaired) electrons. The second-order valence-corrected chi connectivity index (χ2v) is 9.95. The normalized spacial score (nSPS) is 17.0. The van der Waals surface area contributed by atoms with Crippen molar-refractivity contribution in [2.24, 2.45) is 0 Å². The predicted octanol–water partition coefficient (Wildman–Crippen LogP) is 6.04. The number of hydrogen-bond acceptors (Lipinski definition) is 7. The largest absolute Gasteiger partial charge is 0.490 e. The highest BCUT2D eigenvalue weighted by atomic mass is 35.5. The van der Waals surface area contributed by atoms with Crippen LogP contribution in [0.3, 0.4) is 0 Å². The standard InChI is InChI=1S/C26H27ClN4O3S/c1-3-33-22-14-16(12-13-21(22)34-15-17-8-5-6-9-18(17)27)24-23-19(10-7-11-20(23)32)28-25-29-26(35-4-2)30-31(24)25/h5-6,8-9,12-14,24H,3-4,7,10-11,15H2,1-2H3,(H,28,29,30). The van der Waals surface area contributed by atoms with E-state index < -0.39 is 0 Å². The molecule has 1 aromatic heterocycles. The van der Waals surface area contributed by atoms with Crippen molar-refractivity contribution in [3.63, 3.8) is 0 Å². The number of aromatic nitrogens is 3. The first-order valence-corrected chi connectivity index (χ1v) is 13.2. The number of nitrogens with one attached hydrogen (secondary N) is 1. The van der Waals surface area contributed by atoms with Crippen LogP contribution >= 0.6 is 23.4 Å². The summed E-state index contributed by atoms with van der Waals surface area (Å²) < 4.78 is 13.9. The maximum atomic E-state index is 13.1. The summed E-state index contributed by atoms with van der Waals surface area (Å²) in [6.45, 7) is 4.81. The molecule has 0 spiro atoms. The number of ketones is 1. The lowest BCUT2D eigenvalue weighted by Crippen LogP contribution is -2.31. The van der Waals surface area contributed by atoms with Crippen molar-refractivity contribution >= 4 is 35.1 Å². The third kappa shape index (κ3) is 4.77. The molecule has 2 aromatic carbocycles. The number of allylic oxidation sites excluding steroid dienone is 2. The average molecular weight is 511 g/mol. The maximum Gasteiger partial charge on any atom is 0.227 e. The Labute approximate surface area is 213 Å². The fraction of sp³-hybridized carbons (Fsp3) is 0.346. The van der Waals surface area contributed by atoms with Gasteiger partial charge in [-0.25, -0.2) is 4.68 Å². The molecule has 1 aliphatic carbocycles. The van der Waals surface area contributed by atoms with Gasteiger partial charge in [-0.3, -0.25) is 4.79 Å². The molecule has 0 bridgehead atoms. The Bertz CT molecular complexity index is 1290. The van der Waals surface area contributed by atoms with Crippen molar-refractivity contribution in [2.75, 3.05) is 17.7 Å². The summed E-state index contributed by atoms with van der Waals surface area (Å²) in [7, 11) is 0. The minimum absolute atomic E-state index is 0.145. The zero-order chi connectivity index (χ0) is 24.4. The van der Waals surface area contributed by atoms with Gasteiger partial charge in [-0.05, 0) is 49.3 Å². The molecule has 2 heterocycles. The van der Waals surface area contributed by atoms with E-state index in [1.807, 2.05) is 54.1 Å². The van der Waals surface area contributed by atoms with Crippen molar-refractivity contribution in [2.45, 2.75) is 50.9 Å². The number of carbonyl (C=O) groups excluding carboxylic acids is 1. The fourth-order valence-electron chi connectivity index (χ4n) is 4.49. The molecular weight excluding hydrogens is 484 g/mol. The number of Topliss-reactive ketones (excluding diaryl/α,β-unsaturated/α-hetero) is 1. The van der Waals surface area contributed by atoms with Crippen LogP contribution in [0.2, 0.25) is 5.02 Å². The van der Waals surface area contributed by atoms with Crippen LogP contribution in [0.1, 0.15) is 50.3 Å². The Hall–Kier alpha value is -2.97. The topological polar surface area (TPSA) is 78.3 Å². The number of fused-ring (bicyclic) bond motifs is 1. The van der Waals surface area contributed by atoms with Crippen LogP contribution < -0.4 is 14.8 Å². The highest BCUT2D eigenvalue weighted by molar-refractivity contribution is 7.99. The first-order chi connectivity index (χ1) is 17.1. The maximum absolute atomic E-state index is 13.1. The molecular formula is C26H27ClN4O3S. The number of ether oxygens (including phenoxy) is 2. The molecule has 0 fully saturated rings. The molecule has 9 heteroatoms. The van der Waals surface area contributed by atoms with Gasteiger partial charge in [0.25, 0.3) is 0 Å². The first kappa shape index (κ1) is 23.8. The number of nitrogens with zero attached hydrogens (tertiary/aromatic N) is 3. The second kappa shape index (κ2) is 10.3. The number of hydrogen-bond donors (Lipinski definition) is 1. The molecule has 35 heavy (non-hydrogen) atoms. The molecule has 0 saturated heterocycles. The lowest BCUT2D eigenvalue weighted by molar-refractivity contribution is -0.116. The monoisotopic (exact) mass is 510 g/mol. The zero-order valence-electron chi connectivity index (χ0n) is 19.7. The molecule has 3 aromatic rings. The lowest BCUT2D eigenvalue weighted by Gasteiger charge is -2.32. The second-order valence-electron chi connectivity index (χ2n) is 8.31. The summed E-state index contributed by atoms with van der Waals surface area (Å²) in [6.07, 6.45) is 2.19. The number of anilines is 1. The summed E-state index contributed by atoms with van der Waals surface area (Å²) in [5, 5.41) is 9.46. The van der Waals surface area contributed by atoms with E-state index in [0.717, 1.165) is 41.0 Å². The Morgan fingerprint density at radius 2 is 2.00 bits per heavy atom. The van der Waals surface area contributed by atoms with Crippen molar-refractivity contribution in [3.8, 4) is 11.5 Å². The van der Waals surface area contributed by atoms with Gasteiger partial charge in [0.15, 0.2) is 17.3 Å². The van der Waals surface area contributed by atoms with Crippen LogP contribution in [0.15, 0.2) is 58.9 Å². The van der Waals surface area contributed by atoms with Crippen molar-refractivity contribution in [3.05, 3.63) is 69.9 Å². The van der Waals surface area contributed by atoms with Gasteiger partial charge in [0, 0.05) is 28.3 Å². The van der Waals surface area contributed by atoms with Crippen LogP contribution in [0.5, 0.6) is 11.5 Å². The summed E-state index contributed by atoms with van der Waals surface area (Å²) >= 11 is 7.88. The molecule has 5 rings (SSSR count). The molecule has 1 N–H and O–H groups in total. The molecule has 0 saturated carbocycles. The van der Waals surface area contributed by atoms with Crippen LogP contribution in [-0.4, -0.2) is 32.9 Å². The number of halogens is 1.